The van der Waals surface area contributed by atoms with E-state index in [-0.39, 0.29) is 34.9 Å². The van der Waals surface area contributed by atoms with Gasteiger partial charge >= 0.3 is 37.8 Å². The van der Waals surface area contributed by atoms with Gasteiger partial charge in [-0.15, -0.1) is 23.2 Å². The van der Waals surface area contributed by atoms with Crippen molar-refractivity contribution in [3.8, 4) is 0 Å². The van der Waals surface area contributed by atoms with Crippen molar-refractivity contribution < 1.29 is 52.8 Å². The average molecular weight is 253 g/mol. The predicted octanol–water partition coefficient (Wildman–Crippen LogP) is -2.44. The van der Waals surface area contributed by atoms with Gasteiger partial charge in [0.05, 0.1) is 5.34 Å². The molecule has 2 atom stereocenters. The molecular weight excluding hydrogens is 248 g/mol. The predicted molar refractivity (Wildman–Crippen MR) is 37.9 cm³/mol. The molecule has 0 fully saturated rings. The number of rotatable bonds is 2. The zero-order valence-corrected chi connectivity index (χ0v) is 11.1. The van der Waals surface area contributed by atoms with Crippen molar-refractivity contribution in [3.63, 3.8) is 0 Å². The van der Waals surface area contributed by atoms with Crippen LogP contribution in [0.15, 0.2) is 0 Å². The average Bonchev–Trinajstić information content (AvgIpc) is 1.62. The number of hydrogen-bond donors (Lipinski definition) is 1. The maximum absolute atomic E-state index is 9.40. The van der Waals surface area contributed by atoms with Crippen LogP contribution in [0.1, 0.15) is 0 Å². The Balaban J connectivity index is -0.000000140. The summed E-state index contributed by atoms with van der Waals surface area (Å²) in [5.41, 5.74) is 0. The molecule has 5 nitrogen and oxygen atoms in total. The fourth-order valence-corrected chi connectivity index (χ4v) is 0.642. The fourth-order valence-electron chi connectivity index (χ4n) is 0.0713. The Morgan fingerprint density at radius 2 is 1.73 bits per heavy atom. The first kappa shape index (κ1) is 18.7. The topological polar surface area (TPSA) is 86.7 Å². The summed E-state index contributed by atoms with van der Waals surface area (Å²) in [5, 5.41) is 0.194. The quantitative estimate of drug-likeness (QED) is 0.335. The molecule has 0 aromatic carbocycles. The van der Waals surface area contributed by atoms with E-state index in [1.165, 1.54) is 0 Å². The fraction of sp³-hybridized carbons (Fsp3) is 1.00. The maximum Gasteiger partial charge on any atom is 1.00 e. The molecule has 0 bridgehead atoms. The smallest absolute Gasteiger partial charge is 0.781 e. The van der Waals surface area contributed by atoms with Crippen LogP contribution in [0.25, 0.3) is 0 Å². The van der Waals surface area contributed by atoms with Crippen molar-refractivity contribution in [1.82, 2.24) is 0 Å². The van der Waals surface area contributed by atoms with Crippen molar-refractivity contribution in [2.24, 2.45) is 0 Å². The van der Waals surface area contributed by atoms with Gasteiger partial charge in [0.25, 0.3) is 0 Å². The molecule has 0 saturated heterocycles. The summed E-state index contributed by atoms with van der Waals surface area (Å²) >= 11 is 9.53. The molecule has 0 aliphatic heterocycles. The van der Waals surface area contributed by atoms with Gasteiger partial charge in [-0.05, 0) is 0 Å². The van der Waals surface area contributed by atoms with Gasteiger partial charge in [0.15, 0.2) is 0 Å². The first-order valence-corrected chi connectivity index (χ1v) is 5.34. The molecule has 0 aliphatic carbocycles. The second-order valence-electron chi connectivity index (χ2n) is 0.719. The molecule has 0 radical (unpaired) electrons. The first-order chi connectivity index (χ1) is 4.54. The summed E-state index contributed by atoms with van der Waals surface area (Å²) in [4.78, 5) is 17.0. The minimum Gasteiger partial charge on any atom is -0.781 e. The van der Waals surface area contributed by atoms with Gasteiger partial charge in [-0.2, -0.15) is 0 Å². The summed E-state index contributed by atoms with van der Waals surface area (Å²) in [5.74, 6) is 0. The first-order valence-electron chi connectivity index (χ1n) is 1.78. The largest absolute Gasteiger partial charge is 1.00 e. The van der Waals surface area contributed by atoms with Gasteiger partial charge in [0.1, 0.15) is 8.25 Å². The van der Waals surface area contributed by atoms with Crippen molar-refractivity contribution in [1.29, 1.82) is 0 Å². The molecule has 0 heterocycles. The third kappa shape index (κ3) is 33.5. The third-order valence-corrected chi connectivity index (χ3v) is 1.54. The molecule has 0 spiro atoms. The molecule has 1 N–H and O–H groups in total. The van der Waals surface area contributed by atoms with Crippen molar-refractivity contribution >= 4 is 39.7 Å². The molecule has 0 saturated carbocycles. The SMILES string of the molecule is ClCCl.O=[PH]([O-])O[PH](=O)O.[Na+]. The van der Waals surface area contributed by atoms with Gasteiger partial charge < -0.3 is 14.4 Å². The van der Waals surface area contributed by atoms with E-state index in [2.05, 4.69) is 4.31 Å². The van der Waals surface area contributed by atoms with Crippen LogP contribution >= 0.6 is 39.7 Å². The molecule has 0 aliphatic rings. The molecule has 64 valence electrons. The molecular formula is CH5Cl2NaO5P2. The molecule has 0 aromatic rings. The molecule has 0 aromatic heterocycles. The Morgan fingerprint density at radius 3 is 1.73 bits per heavy atom. The van der Waals surface area contributed by atoms with Gasteiger partial charge in [-0.3, -0.25) is 8.88 Å². The van der Waals surface area contributed by atoms with E-state index in [0.717, 1.165) is 0 Å². The summed E-state index contributed by atoms with van der Waals surface area (Å²) in [6.45, 7) is 0. The van der Waals surface area contributed by atoms with E-state index in [1.807, 2.05) is 0 Å². The Hall–Kier alpha value is 1.92. The number of alkyl halides is 2. The Kier molecular flexibility index (Phi) is 24.5. The van der Waals surface area contributed by atoms with E-state index in [9.17, 15) is 14.0 Å². The number of hydrogen-bond acceptors (Lipinski definition) is 4. The summed E-state index contributed by atoms with van der Waals surface area (Å²) in [7, 11) is -6.72. The van der Waals surface area contributed by atoms with E-state index >= 15 is 0 Å². The zero-order chi connectivity index (χ0) is 8.57. The van der Waals surface area contributed by atoms with Crippen LogP contribution in [0.3, 0.4) is 0 Å². The Morgan fingerprint density at radius 1 is 1.45 bits per heavy atom. The van der Waals surface area contributed by atoms with Crippen LogP contribution in [0.4, 0.5) is 0 Å². The van der Waals surface area contributed by atoms with Gasteiger partial charge in [0.2, 0.25) is 0 Å². The monoisotopic (exact) mass is 252 g/mol. The van der Waals surface area contributed by atoms with Crippen molar-refractivity contribution in [2.45, 2.75) is 0 Å². The molecule has 0 amide bonds. The van der Waals surface area contributed by atoms with E-state index < -0.39 is 16.5 Å². The normalized spacial score (nSPS) is 13.5. The van der Waals surface area contributed by atoms with Gasteiger partial charge in [-0.1, -0.05) is 0 Å². The van der Waals surface area contributed by atoms with Crippen LogP contribution < -0.4 is 34.5 Å². The standard InChI is InChI=1S/CH2Cl2.Na.H4O5P2/c2-1-3;;1-6(2)5-7(3)4/h1H2;;6-7H,(H,1,2)(H,3,4)/q;+1;/p-1. The molecule has 0 rings (SSSR count). The maximum atomic E-state index is 9.40. The molecule has 10 heteroatoms. The second-order valence-corrected chi connectivity index (χ2v) is 3.38. The van der Waals surface area contributed by atoms with E-state index in [0.29, 0.717) is 0 Å². The molecule has 2 unspecified atom stereocenters. The summed E-state index contributed by atoms with van der Waals surface area (Å²) < 4.78 is 22.1. The minimum atomic E-state index is -3.45. The van der Waals surface area contributed by atoms with Crippen LogP contribution in [-0.2, 0) is 13.4 Å². The van der Waals surface area contributed by atoms with Crippen molar-refractivity contribution in [2.75, 3.05) is 5.34 Å². The van der Waals surface area contributed by atoms with Gasteiger partial charge in [-0.25, -0.2) is 0 Å². The van der Waals surface area contributed by atoms with Crippen LogP contribution in [0.2, 0.25) is 0 Å². The van der Waals surface area contributed by atoms with Crippen LogP contribution in [0, 0.1) is 0 Å². The van der Waals surface area contributed by atoms with Crippen LogP contribution in [0.5, 0.6) is 0 Å². The molecule has 11 heavy (non-hydrogen) atoms. The van der Waals surface area contributed by atoms with Gasteiger partial charge in [0, 0.05) is 0 Å². The van der Waals surface area contributed by atoms with E-state index in [4.69, 9.17) is 28.1 Å². The van der Waals surface area contributed by atoms with Crippen molar-refractivity contribution in [3.05, 3.63) is 0 Å². The second kappa shape index (κ2) is 14.4. The summed E-state index contributed by atoms with van der Waals surface area (Å²) in [6, 6.07) is 0. The third-order valence-electron chi connectivity index (χ3n) is 0.171. The Labute approximate surface area is 97.2 Å². The Bertz CT molecular complexity index is 109. The van der Waals surface area contributed by atoms with E-state index in [1.54, 1.807) is 0 Å². The minimum absolute atomic E-state index is 0. The van der Waals surface area contributed by atoms with Crippen LogP contribution in [-0.4, -0.2) is 10.2 Å². The number of halogens is 2. The summed E-state index contributed by atoms with van der Waals surface area (Å²) in [6.07, 6.45) is 0. The zero-order valence-electron chi connectivity index (χ0n) is 5.54.